The third-order valence-electron chi connectivity index (χ3n) is 4.24. The molecule has 2 aromatic carbocycles. The van der Waals surface area contributed by atoms with Gasteiger partial charge in [0.05, 0.1) is 5.25 Å². The van der Waals surface area contributed by atoms with Crippen molar-refractivity contribution in [3.63, 3.8) is 0 Å². The Hall–Kier alpha value is -2.74. The maximum absolute atomic E-state index is 13.3. The van der Waals surface area contributed by atoms with Gasteiger partial charge in [-0.25, -0.2) is 8.78 Å². The average molecular weight is 417 g/mol. The first kappa shape index (κ1) is 21.0. The topological polar surface area (TPSA) is 68.0 Å². The first-order valence-corrected chi connectivity index (χ1v) is 9.88. The number of hydrogen-bond donors (Lipinski definition) is 1. The number of carbonyl (C=O) groups is 1. The van der Waals surface area contributed by atoms with Crippen LogP contribution in [0.15, 0.2) is 52.1 Å². The predicted octanol–water partition coefficient (Wildman–Crippen LogP) is 5.43. The quantitative estimate of drug-likeness (QED) is 0.561. The maximum atomic E-state index is 13.3. The first-order chi connectivity index (χ1) is 13.6. The van der Waals surface area contributed by atoms with Gasteiger partial charge in [-0.05, 0) is 42.2 Å². The Kier molecular flexibility index (Phi) is 6.02. The molecule has 1 aromatic heterocycles. The molecule has 29 heavy (non-hydrogen) atoms. The second-order valence-corrected chi connectivity index (χ2v) is 8.87. The zero-order valence-electron chi connectivity index (χ0n) is 16.5. The molecular formula is C21H21F2N3O2S. The molecule has 0 saturated heterocycles. The summed E-state index contributed by atoms with van der Waals surface area (Å²) >= 11 is 1.08. The van der Waals surface area contributed by atoms with Crippen LogP contribution in [-0.2, 0) is 10.2 Å². The number of thioether (sulfide) groups is 1. The smallest absolute Gasteiger partial charge is 0.277 e. The summed E-state index contributed by atoms with van der Waals surface area (Å²) in [6, 6.07) is 11.0. The SMILES string of the molecule is C[C@@H](Sc1nnc(-c2ccc(C(C)(C)C)cc2)o1)C(=O)Nc1ccc(F)c(F)c1. The number of nitrogens with zero attached hydrogens (tertiary/aromatic N) is 2. The summed E-state index contributed by atoms with van der Waals surface area (Å²) < 4.78 is 31.9. The van der Waals surface area contributed by atoms with E-state index >= 15 is 0 Å². The number of rotatable bonds is 5. The minimum atomic E-state index is -1.03. The molecule has 1 heterocycles. The maximum Gasteiger partial charge on any atom is 0.277 e. The van der Waals surface area contributed by atoms with E-state index in [1.54, 1.807) is 6.92 Å². The highest BCUT2D eigenvalue weighted by atomic mass is 32.2. The molecule has 0 radical (unpaired) electrons. The summed E-state index contributed by atoms with van der Waals surface area (Å²) in [5.41, 5.74) is 2.20. The van der Waals surface area contributed by atoms with Crippen LogP contribution in [0.1, 0.15) is 33.3 Å². The summed E-state index contributed by atoms with van der Waals surface area (Å²) in [5.74, 6) is -2.03. The summed E-state index contributed by atoms with van der Waals surface area (Å²) in [7, 11) is 0. The summed E-state index contributed by atoms with van der Waals surface area (Å²) in [6.07, 6.45) is 0. The minimum Gasteiger partial charge on any atom is -0.411 e. The molecule has 0 spiro atoms. The molecule has 0 aliphatic heterocycles. The van der Waals surface area contributed by atoms with E-state index in [4.69, 9.17) is 4.42 Å². The second kappa shape index (κ2) is 8.32. The standard InChI is InChI=1S/C21H21F2N3O2S/c1-12(18(27)24-15-9-10-16(22)17(23)11-15)29-20-26-25-19(28-20)13-5-7-14(8-6-13)21(2,3)4/h5-12H,1-4H3,(H,24,27)/t12-/m1/s1. The number of aromatic nitrogens is 2. The van der Waals surface area contributed by atoms with Crippen molar-refractivity contribution in [1.29, 1.82) is 0 Å². The number of carbonyl (C=O) groups excluding carboxylic acids is 1. The number of benzene rings is 2. The molecule has 0 saturated carbocycles. The van der Waals surface area contributed by atoms with Gasteiger partial charge in [0.1, 0.15) is 0 Å². The Morgan fingerprint density at radius 3 is 2.38 bits per heavy atom. The van der Waals surface area contributed by atoms with Crippen molar-refractivity contribution in [2.24, 2.45) is 0 Å². The third-order valence-corrected chi connectivity index (χ3v) is 5.17. The molecule has 1 amide bonds. The van der Waals surface area contributed by atoms with Crippen molar-refractivity contribution in [1.82, 2.24) is 10.2 Å². The molecule has 0 aliphatic carbocycles. The molecule has 0 unspecified atom stereocenters. The number of hydrogen-bond acceptors (Lipinski definition) is 5. The van der Waals surface area contributed by atoms with Gasteiger partial charge in [0.15, 0.2) is 11.6 Å². The zero-order chi connectivity index (χ0) is 21.2. The third kappa shape index (κ3) is 5.20. The predicted molar refractivity (Wildman–Crippen MR) is 109 cm³/mol. The van der Waals surface area contributed by atoms with Crippen LogP contribution in [0.4, 0.5) is 14.5 Å². The monoisotopic (exact) mass is 417 g/mol. The van der Waals surface area contributed by atoms with Crippen LogP contribution in [0.5, 0.6) is 0 Å². The number of amides is 1. The van der Waals surface area contributed by atoms with Crippen LogP contribution >= 0.6 is 11.8 Å². The highest BCUT2D eigenvalue weighted by Crippen LogP contribution is 2.29. The minimum absolute atomic E-state index is 0.0462. The Morgan fingerprint density at radius 1 is 1.07 bits per heavy atom. The van der Waals surface area contributed by atoms with Gasteiger partial charge in [0.25, 0.3) is 5.22 Å². The fourth-order valence-corrected chi connectivity index (χ4v) is 3.19. The van der Waals surface area contributed by atoms with Gasteiger partial charge in [-0.15, -0.1) is 10.2 Å². The molecule has 3 rings (SSSR count). The lowest BCUT2D eigenvalue weighted by molar-refractivity contribution is -0.115. The van der Waals surface area contributed by atoms with E-state index in [1.807, 2.05) is 24.3 Å². The number of anilines is 1. The highest BCUT2D eigenvalue weighted by Gasteiger charge is 2.20. The molecule has 3 aromatic rings. The number of halogens is 2. The molecule has 1 N–H and O–H groups in total. The molecule has 5 nitrogen and oxygen atoms in total. The Balaban J connectivity index is 1.64. The van der Waals surface area contributed by atoms with Crippen molar-refractivity contribution in [3.05, 3.63) is 59.7 Å². The Morgan fingerprint density at radius 2 is 1.76 bits per heavy atom. The van der Waals surface area contributed by atoms with Crippen molar-refractivity contribution in [2.45, 2.75) is 43.6 Å². The highest BCUT2D eigenvalue weighted by molar-refractivity contribution is 8.00. The lowest BCUT2D eigenvalue weighted by Gasteiger charge is -2.18. The van der Waals surface area contributed by atoms with E-state index in [0.717, 1.165) is 29.5 Å². The van der Waals surface area contributed by atoms with Gasteiger partial charge >= 0.3 is 0 Å². The molecule has 0 bridgehead atoms. The largest absolute Gasteiger partial charge is 0.411 e. The van der Waals surface area contributed by atoms with Crippen LogP contribution in [0.25, 0.3) is 11.5 Å². The average Bonchev–Trinajstić information content (AvgIpc) is 3.12. The van der Waals surface area contributed by atoms with E-state index in [0.29, 0.717) is 5.89 Å². The van der Waals surface area contributed by atoms with E-state index < -0.39 is 22.8 Å². The number of nitrogens with one attached hydrogen (secondary N) is 1. The first-order valence-electron chi connectivity index (χ1n) is 9.00. The second-order valence-electron chi connectivity index (χ2n) is 7.58. The normalized spacial score (nSPS) is 12.6. The van der Waals surface area contributed by atoms with Crippen molar-refractivity contribution in [2.75, 3.05) is 5.32 Å². The van der Waals surface area contributed by atoms with E-state index in [2.05, 4.69) is 36.3 Å². The molecule has 0 aliphatic rings. The van der Waals surface area contributed by atoms with Gasteiger partial charge < -0.3 is 9.73 Å². The fourth-order valence-electron chi connectivity index (χ4n) is 2.51. The molecule has 152 valence electrons. The van der Waals surface area contributed by atoms with Crippen LogP contribution in [0.2, 0.25) is 0 Å². The Labute approximate surface area is 171 Å². The van der Waals surface area contributed by atoms with Crippen molar-refractivity contribution in [3.8, 4) is 11.5 Å². The molecular weight excluding hydrogens is 396 g/mol. The van der Waals surface area contributed by atoms with E-state index in [9.17, 15) is 13.6 Å². The lowest BCUT2D eigenvalue weighted by Crippen LogP contribution is -2.22. The van der Waals surface area contributed by atoms with Crippen LogP contribution in [-0.4, -0.2) is 21.4 Å². The molecule has 0 fully saturated rings. The molecule has 1 atom stereocenters. The van der Waals surface area contributed by atoms with Gasteiger partial charge in [-0.2, -0.15) is 0 Å². The fraction of sp³-hybridized carbons (Fsp3) is 0.286. The van der Waals surface area contributed by atoms with E-state index in [-0.39, 0.29) is 16.3 Å². The zero-order valence-corrected chi connectivity index (χ0v) is 17.3. The summed E-state index contributed by atoms with van der Waals surface area (Å²) in [5, 5.41) is 10.2. The molecule has 8 heteroatoms. The van der Waals surface area contributed by atoms with Gasteiger partial charge in [0.2, 0.25) is 11.8 Å². The van der Waals surface area contributed by atoms with Gasteiger partial charge in [-0.1, -0.05) is 44.7 Å². The Bertz CT molecular complexity index is 1010. The van der Waals surface area contributed by atoms with Gasteiger partial charge in [-0.3, -0.25) is 4.79 Å². The van der Waals surface area contributed by atoms with Crippen molar-refractivity contribution >= 4 is 23.4 Å². The summed E-state index contributed by atoms with van der Waals surface area (Å²) in [6.45, 7) is 8.06. The lowest BCUT2D eigenvalue weighted by atomic mass is 9.87. The van der Waals surface area contributed by atoms with Crippen LogP contribution in [0.3, 0.4) is 0 Å². The van der Waals surface area contributed by atoms with Crippen LogP contribution in [0, 0.1) is 11.6 Å². The van der Waals surface area contributed by atoms with Crippen LogP contribution < -0.4 is 5.32 Å². The van der Waals surface area contributed by atoms with Gasteiger partial charge in [0, 0.05) is 17.3 Å². The van der Waals surface area contributed by atoms with Crippen molar-refractivity contribution < 1.29 is 18.0 Å². The summed E-state index contributed by atoms with van der Waals surface area (Å²) in [4.78, 5) is 12.3. The van der Waals surface area contributed by atoms with E-state index in [1.165, 1.54) is 11.6 Å².